The normalized spacial score (nSPS) is 13.2. The second-order valence-electron chi connectivity index (χ2n) is 7.11. The molecule has 3 N–H and O–H groups in total. The molecular formula is C23H20FN3O2. The predicted molar refractivity (Wildman–Crippen MR) is 110 cm³/mol. The number of halogens is 1. The number of para-hydroxylation sites is 2. The monoisotopic (exact) mass is 389 g/mol. The van der Waals surface area contributed by atoms with Crippen LogP contribution in [0.5, 0.6) is 0 Å². The Hall–Kier alpha value is -3.51. The van der Waals surface area contributed by atoms with Crippen LogP contribution < -0.4 is 5.32 Å². The smallest absolute Gasteiger partial charge is 0.260 e. The van der Waals surface area contributed by atoms with Gasteiger partial charge in [0, 0.05) is 12.1 Å². The number of carbonyl (C=O) groups excluding carboxylic acids is 1. The van der Waals surface area contributed by atoms with Gasteiger partial charge in [-0.05, 0) is 54.4 Å². The maximum atomic E-state index is 13.1. The van der Waals surface area contributed by atoms with Crippen molar-refractivity contribution < 1.29 is 14.3 Å². The van der Waals surface area contributed by atoms with Gasteiger partial charge in [-0.3, -0.25) is 4.79 Å². The number of hydrogen-bond acceptors (Lipinski definition) is 3. The fraction of sp³-hybridized carbons (Fsp3) is 0.130. The van der Waals surface area contributed by atoms with Crippen LogP contribution in [0.15, 0.2) is 72.8 Å². The fourth-order valence-corrected chi connectivity index (χ4v) is 3.20. The van der Waals surface area contributed by atoms with Crippen molar-refractivity contribution in [3.05, 3.63) is 95.6 Å². The summed E-state index contributed by atoms with van der Waals surface area (Å²) in [7, 11) is 0. The molecule has 0 aliphatic rings. The van der Waals surface area contributed by atoms with E-state index in [1.54, 1.807) is 6.07 Å². The van der Waals surface area contributed by atoms with Gasteiger partial charge in [-0.1, -0.05) is 36.4 Å². The minimum absolute atomic E-state index is 0.315. The molecule has 0 saturated heterocycles. The highest BCUT2D eigenvalue weighted by Gasteiger charge is 2.32. The molecule has 6 heteroatoms. The Labute approximate surface area is 167 Å². The van der Waals surface area contributed by atoms with Crippen LogP contribution in [0.1, 0.15) is 23.9 Å². The van der Waals surface area contributed by atoms with Gasteiger partial charge in [0.15, 0.2) is 5.60 Å². The summed E-state index contributed by atoms with van der Waals surface area (Å²) in [5.41, 5.74) is 1.93. The van der Waals surface area contributed by atoms with Crippen molar-refractivity contribution in [2.45, 2.75) is 18.9 Å². The number of nitrogens with zero attached hydrogens (tertiary/aromatic N) is 1. The molecule has 1 unspecified atom stereocenters. The van der Waals surface area contributed by atoms with E-state index < -0.39 is 17.3 Å². The van der Waals surface area contributed by atoms with E-state index in [0.717, 1.165) is 22.4 Å². The maximum Gasteiger partial charge on any atom is 0.260 e. The largest absolute Gasteiger partial charge is 0.376 e. The Morgan fingerprint density at radius 1 is 1.10 bits per heavy atom. The van der Waals surface area contributed by atoms with Crippen LogP contribution in [0.2, 0.25) is 0 Å². The molecule has 0 aliphatic carbocycles. The summed E-state index contributed by atoms with van der Waals surface area (Å²) in [4.78, 5) is 20.5. The Bertz CT molecular complexity index is 1130. The van der Waals surface area contributed by atoms with Crippen LogP contribution in [0, 0.1) is 5.82 Å². The van der Waals surface area contributed by atoms with Crippen molar-refractivity contribution in [2.24, 2.45) is 0 Å². The highest BCUT2D eigenvalue weighted by Crippen LogP contribution is 2.24. The lowest BCUT2D eigenvalue weighted by atomic mass is 9.95. The summed E-state index contributed by atoms with van der Waals surface area (Å²) < 4.78 is 13.1. The van der Waals surface area contributed by atoms with Crippen LogP contribution in [-0.2, 0) is 16.8 Å². The number of benzene rings is 3. The Kier molecular flexibility index (Phi) is 4.86. The first-order valence-corrected chi connectivity index (χ1v) is 9.24. The average molecular weight is 389 g/mol. The summed E-state index contributed by atoms with van der Waals surface area (Å²) in [6.07, 6.45) is 0.576. The van der Waals surface area contributed by atoms with Crippen LogP contribution in [-0.4, -0.2) is 21.0 Å². The van der Waals surface area contributed by atoms with Crippen molar-refractivity contribution in [3.8, 4) is 0 Å². The zero-order valence-electron chi connectivity index (χ0n) is 15.8. The van der Waals surface area contributed by atoms with Gasteiger partial charge in [0.2, 0.25) is 0 Å². The van der Waals surface area contributed by atoms with E-state index in [1.807, 2.05) is 42.5 Å². The fourth-order valence-electron chi connectivity index (χ4n) is 3.20. The van der Waals surface area contributed by atoms with E-state index in [4.69, 9.17) is 0 Å². The average Bonchev–Trinajstić information content (AvgIpc) is 3.10. The van der Waals surface area contributed by atoms with Crippen LogP contribution in [0.4, 0.5) is 10.1 Å². The molecular weight excluding hydrogens is 369 g/mol. The number of aliphatic hydroxyl groups is 1. The van der Waals surface area contributed by atoms with E-state index >= 15 is 0 Å². The first-order chi connectivity index (χ1) is 13.9. The molecule has 0 saturated carbocycles. The maximum absolute atomic E-state index is 13.1. The number of H-pyrrole nitrogens is 1. The molecule has 1 atom stereocenters. The van der Waals surface area contributed by atoms with E-state index in [2.05, 4.69) is 15.3 Å². The molecule has 3 aromatic carbocycles. The van der Waals surface area contributed by atoms with E-state index in [-0.39, 0.29) is 0 Å². The molecule has 5 nitrogen and oxygen atoms in total. The van der Waals surface area contributed by atoms with Gasteiger partial charge in [0.05, 0.1) is 11.0 Å². The molecule has 0 fully saturated rings. The van der Waals surface area contributed by atoms with Crippen LogP contribution in [0.3, 0.4) is 0 Å². The van der Waals surface area contributed by atoms with Crippen molar-refractivity contribution in [1.29, 1.82) is 0 Å². The Morgan fingerprint density at radius 3 is 2.62 bits per heavy atom. The Balaban J connectivity index is 1.50. The number of rotatable bonds is 5. The summed E-state index contributed by atoms with van der Waals surface area (Å²) >= 11 is 0. The highest BCUT2D eigenvalue weighted by atomic mass is 19.1. The zero-order valence-corrected chi connectivity index (χ0v) is 15.8. The van der Waals surface area contributed by atoms with Gasteiger partial charge in [0.25, 0.3) is 5.91 Å². The molecule has 29 heavy (non-hydrogen) atoms. The molecule has 1 heterocycles. The third-order valence-corrected chi connectivity index (χ3v) is 4.84. The zero-order chi connectivity index (χ0) is 20.4. The molecule has 0 bridgehead atoms. The molecule has 146 valence electrons. The molecule has 0 spiro atoms. The summed E-state index contributed by atoms with van der Waals surface area (Å²) in [6, 6.07) is 20.4. The van der Waals surface area contributed by atoms with Gasteiger partial charge in [-0.15, -0.1) is 0 Å². The highest BCUT2D eigenvalue weighted by molar-refractivity contribution is 5.97. The van der Waals surface area contributed by atoms with Crippen molar-refractivity contribution in [2.75, 3.05) is 5.32 Å². The lowest BCUT2D eigenvalue weighted by molar-refractivity contribution is -0.133. The number of amides is 1. The molecule has 1 amide bonds. The first kappa shape index (κ1) is 18.8. The summed E-state index contributed by atoms with van der Waals surface area (Å²) in [5.74, 6) is -0.193. The van der Waals surface area contributed by atoms with Gasteiger partial charge in [0.1, 0.15) is 11.6 Å². The molecule has 0 radical (unpaired) electrons. The number of anilines is 1. The Morgan fingerprint density at radius 2 is 1.86 bits per heavy atom. The number of imidazole rings is 1. The number of fused-ring (bicyclic) bond motifs is 1. The number of hydrogen-bond donors (Lipinski definition) is 3. The van der Waals surface area contributed by atoms with Crippen molar-refractivity contribution in [1.82, 2.24) is 9.97 Å². The SMILES string of the molecule is CC(O)(C(=O)Nc1cccc(Cc2nc3ccccc3[nH]2)c1)c1ccc(F)cc1. The van der Waals surface area contributed by atoms with Crippen LogP contribution >= 0.6 is 0 Å². The first-order valence-electron chi connectivity index (χ1n) is 9.24. The van der Waals surface area contributed by atoms with Gasteiger partial charge in [-0.25, -0.2) is 9.37 Å². The third kappa shape index (κ3) is 4.02. The summed E-state index contributed by atoms with van der Waals surface area (Å²) in [5, 5.41) is 13.4. The lowest BCUT2D eigenvalue weighted by Gasteiger charge is -2.23. The molecule has 4 aromatic rings. The molecule has 4 rings (SSSR count). The minimum Gasteiger partial charge on any atom is -0.376 e. The minimum atomic E-state index is -1.79. The van der Waals surface area contributed by atoms with Crippen molar-refractivity contribution >= 4 is 22.6 Å². The van der Waals surface area contributed by atoms with Gasteiger partial charge >= 0.3 is 0 Å². The molecule has 0 aliphatic heterocycles. The van der Waals surface area contributed by atoms with E-state index in [9.17, 15) is 14.3 Å². The molecule has 1 aromatic heterocycles. The summed E-state index contributed by atoms with van der Waals surface area (Å²) in [6.45, 7) is 1.38. The second kappa shape index (κ2) is 7.48. The number of aromatic nitrogens is 2. The predicted octanol–water partition coefficient (Wildman–Crippen LogP) is 4.14. The van der Waals surface area contributed by atoms with Gasteiger partial charge in [-0.2, -0.15) is 0 Å². The van der Waals surface area contributed by atoms with E-state index in [0.29, 0.717) is 17.7 Å². The van der Waals surface area contributed by atoms with Gasteiger partial charge < -0.3 is 15.4 Å². The lowest BCUT2D eigenvalue weighted by Crippen LogP contribution is -2.37. The standard InChI is InChI=1S/C23H20FN3O2/c1-23(29,16-9-11-17(24)12-10-16)22(28)25-18-6-4-5-15(13-18)14-21-26-19-7-2-3-8-20(19)27-21/h2-13,29H,14H2,1H3,(H,25,28)(H,26,27). The van der Waals surface area contributed by atoms with E-state index in [1.165, 1.54) is 31.2 Å². The number of aromatic amines is 1. The second-order valence-corrected chi connectivity index (χ2v) is 7.11. The third-order valence-electron chi connectivity index (χ3n) is 4.84. The van der Waals surface area contributed by atoms with Crippen molar-refractivity contribution in [3.63, 3.8) is 0 Å². The quantitative estimate of drug-likeness (QED) is 0.480. The number of carbonyl (C=O) groups is 1. The topological polar surface area (TPSA) is 78.0 Å². The number of nitrogens with one attached hydrogen (secondary N) is 2. The van der Waals surface area contributed by atoms with Crippen LogP contribution in [0.25, 0.3) is 11.0 Å².